The molecular weight excluding hydrogens is 381 g/mol. The van der Waals surface area contributed by atoms with Crippen molar-refractivity contribution in [1.82, 2.24) is 5.32 Å². The van der Waals surface area contributed by atoms with Crippen LogP contribution in [0.25, 0.3) is 0 Å². The number of hydrogen-bond acceptors (Lipinski definition) is 5. The van der Waals surface area contributed by atoms with Gasteiger partial charge in [0, 0.05) is 9.64 Å². The Balaban J connectivity index is 3.31. The molecule has 0 aromatic heterocycles. The summed E-state index contributed by atoms with van der Waals surface area (Å²) >= 11 is 3.26. The number of ether oxygens (including phenoxy) is 1. The number of hydrogen-bond donors (Lipinski definition) is 2. The highest BCUT2D eigenvalue weighted by atomic mass is 127. The Hall–Kier alpha value is -1.47. The first-order valence-electron chi connectivity index (χ1n) is 4.92. The van der Waals surface area contributed by atoms with Crippen LogP contribution >= 0.6 is 34.4 Å². The SMILES string of the molecule is COc1cc(N=C(NC#N)SC)c(I)cc1C(=O)O. The number of amidine groups is 1. The summed E-state index contributed by atoms with van der Waals surface area (Å²) in [7, 11) is 1.39. The quantitative estimate of drug-likeness (QED) is 0.270. The largest absolute Gasteiger partial charge is 0.496 e. The van der Waals surface area contributed by atoms with E-state index in [2.05, 4.69) is 10.3 Å². The van der Waals surface area contributed by atoms with E-state index in [1.807, 2.05) is 22.6 Å². The van der Waals surface area contributed by atoms with E-state index in [9.17, 15) is 4.79 Å². The first-order chi connectivity index (χ1) is 9.03. The van der Waals surface area contributed by atoms with Crippen molar-refractivity contribution in [2.45, 2.75) is 0 Å². The molecule has 8 heteroatoms. The summed E-state index contributed by atoms with van der Waals surface area (Å²) < 4.78 is 5.69. The number of carboxylic acids is 1. The van der Waals surface area contributed by atoms with Crippen LogP contribution in [0.1, 0.15) is 10.4 Å². The van der Waals surface area contributed by atoms with Gasteiger partial charge in [0.05, 0.1) is 12.8 Å². The van der Waals surface area contributed by atoms with E-state index in [1.54, 1.807) is 12.4 Å². The lowest BCUT2D eigenvalue weighted by Gasteiger charge is -2.08. The van der Waals surface area contributed by atoms with Crippen LogP contribution in [0.4, 0.5) is 5.69 Å². The van der Waals surface area contributed by atoms with Crippen LogP contribution in [0, 0.1) is 15.0 Å². The van der Waals surface area contributed by atoms with Crippen molar-refractivity contribution in [3.63, 3.8) is 0 Å². The number of aromatic carboxylic acids is 1. The minimum atomic E-state index is -1.06. The van der Waals surface area contributed by atoms with E-state index < -0.39 is 5.97 Å². The minimum Gasteiger partial charge on any atom is -0.496 e. The Kier molecular flexibility index (Phi) is 5.91. The van der Waals surface area contributed by atoms with Crippen LogP contribution in [0.5, 0.6) is 5.75 Å². The number of aliphatic imine (C=N–C) groups is 1. The van der Waals surface area contributed by atoms with Crippen molar-refractivity contribution in [3.8, 4) is 11.9 Å². The lowest BCUT2D eigenvalue weighted by atomic mass is 10.2. The van der Waals surface area contributed by atoms with Crippen molar-refractivity contribution >= 4 is 51.2 Å². The van der Waals surface area contributed by atoms with Gasteiger partial charge < -0.3 is 9.84 Å². The smallest absolute Gasteiger partial charge is 0.339 e. The third-order valence-electron chi connectivity index (χ3n) is 2.08. The Morgan fingerprint density at radius 1 is 1.63 bits per heavy atom. The van der Waals surface area contributed by atoms with E-state index in [4.69, 9.17) is 15.1 Å². The number of thioether (sulfide) groups is 1. The van der Waals surface area contributed by atoms with Gasteiger partial charge in [-0.3, -0.25) is 5.32 Å². The van der Waals surface area contributed by atoms with Crippen LogP contribution in [0.15, 0.2) is 17.1 Å². The molecule has 0 aliphatic rings. The number of nitrogens with zero attached hydrogens (tertiary/aromatic N) is 2. The third-order valence-corrected chi connectivity index (χ3v) is 3.52. The predicted octanol–water partition coefficient (Wildman–Crippen LogP) is 2.42. The second-order valence-corrected chi connectivity index (χ2v) is 5.12. The van der Waals surface area contributed by atoms with E-state index in [1.165, 1.54) is 31.0 Å². The van der Waals surface area contributed by atoms with Crippen LogP contribution < -0.4 is 10.1 Å². The van der Waals surface area contributed by atoms with Gasteiger partial charge in [-0.25, -0.2) is 9.79 Å². The molecule has 0 saturated heterocycles. The monoisotopic (exact) mass is 391 g/mol. The molecule has 1 rings (SSSR count). The molecule has 0 aliphatic heterocycles. The minimum absolute atomic E-state index is 0.0739. The Morgan fingerprint density at radius 2 is 2.32 bits per heavy atom. The summed E-state index contributed by atoms with van der Waals surface area (Å²) in [5.41, 5.74) is 0.611. The van der Waals surface area contributed by atoms with Crippen molar-refractivity contribution in [2.75, 3.05) is 13.4 Å². The van der Waals surface area contributed by atoms with E-state index in [0.29, 0.717) is 14.4 Å². The Labute approximate surface area is 128 Å². The van der Waals surface area contributed by atoms with Crippen LogP contribution in [-0.4, -0.2) is 29.6 Å². The van der Waals surface area contributed by atoms with Gasteiger partial charge in [-0.2, -0.15) is 5.26 Å². The maximum absolute atomic E-state index is 11.0. The fraction of sp³-hybridized carbons (Fsp3) is 0.182. The first kappa shape index (κ1) is 15.6. The van der Waals surface area contributed by atoms with Crippen molar-refractivity contribution < 1.29 is 14.6 Å². The van der Waals surface area contributed by atoms with Crippen LogP contribution in [-0.2, 0) is 0 Å². The summed E-state index contributed by atoms with van der Waals surface area (Å²) in [5.74, 6) is -0.838. The Bertz CT molecular complexity index is 569. The molecule has 0 unspecified atom stereocenters. The molecule has 0 radical (unpaired) electrons. The summed E-state index contributed by atoms with van der Waals surface area (Å²) in [6.45, 7) is 0. The maximum atomic E-state index is 11.0. The van der Waals surface area contributed by atoms with E-state index in [-0.39, 0.29) is 11.3 Å². The second-order valence-electron chi connectivity index (χ2n) is 3.17. The number of benzene rings is 1. The summed E-state index contributed by atoms with van der Waals surface area (Å²) in [6, 6.07) is 3.01. The maximum Gasteiger partial charge on any atom is 0.339 e. The summed E-state index contributed by atoms with van der Waals surface area (Å²) in [5, 5.41) is 20.5. The van der Waals surface area contributed by atoms with Crippen molar-refractivity contribution in [2.24, 2.45) is 4.99 Å². The number of halogens is 1. The standard InChI is InChI=1S/C11H10IN3O3S/c1-18-9-4-8(15-11(19-2)14-5-13)7(12)3-6(9)10(16)17/h3-4H,1-2H3,(H,14,15)(H,16,17). The fourth-order valence-electron chi connectivity index (χ4n) is 1.25. The molecule has 100 valence electrons. The average Bonchev–Trinajstić information content (AvgIpc) is 2.39. The number of nitriles is 1. The van der Waals surface area contributed by atoms with Gasteiger partial charge in [0.15, 0.2) is 11.4 Å². The molecule has 0 spiro atoms. The summed E-state index contributed by atoms with van der Waals surface area (Å²) in [6.07, 6.45) is 3.56. The van der Waals surface area contributed by atoms with E-state index >= 15 is 0 Å². The number of rotatable bonds is 3. The number of nitrogens with one attached hydrogen (secondary N) is 1. The Morgan fingerprint density at radius 3 is 2.79 bits per heavy atom. The molecule has 1 aromatic carbocycles. The van der Waals surface area contributed by atoms with Crippen LogP contribution in [0.3, 0.4) is 0 Å². The molecule has 0 saturated carbocycles. The van der Waals surface area contributed by atoms with E-state index in [0.717, 1.165) is 0 Å². The van der Waals surface area contributed by atoms with Gasteiger partial charge in [-0.1, -0.05) is 11.8 Å². The molecule has 0 aliphatic carbocycles. The molecule has 0 bridgehead atoms. The molecule has 1 aromatic rings. The molecule has 0 atom stereocenters. The second kappa shape index (κ2) is 7.20. The molecule has 2 N–H and O–H groups in total. The number of carboxylic acid groups (broad SMARTS) is 1. The topological polar surface area (TPSA) is 94.7 Å². The van der Waals surface area contributed by atoms with Gasteiger partial charge in [0.25, 0.3) is 0 Å². The first-order valence-corrected chi connectivity index (χ1v) is 7.22. The normalized spacial score (nSPS) is 10.7. The zero-order valence-electron chi connectivity index (χ0n) is 10.1. The van der Waals surface area contributed by atoms with Crippen molar-refractivity contribution in [3.05, 3.63) is 21.3 Å². The zero-order chi connectivity index (χ0) is 14.4. The van der Waals surface area contributed by atoms with Gasteiger partial charge in [0.2, 0.25) is 0 Å². The predicted molar refractivity (Wildman–Crippen MR) is 82.0 cm³/mol. The molecular formula is C11H10IN3O3S. The zero-order valence-corrected chi connectivity index (χ0v) is 13.1. The number of carbonyl (C=O) groups is 1. The average molecular weight is 391 g/mol. The van der Waals surface area contributed by atoms with Gasteiger partial charge >= 0.3 is 5.97 Å². The molecule has 0 heterocycles. The highest BCUT2D eigenvalue weighted by Crippen LogP contribution is 2.31. The molecule has 19 heavy (non-hydrogen) atoms. The lowest BCUT2D eigenvalue weighted by Crippen LogP contribution is -2.12. The summed E-state index contributed by atoms with van der Waals surface area (Å²) in [4.78, 5) is 15.3. The van der Waals surface area contributed by atoms with Crippen molar-refractivity contribution in [1.29, 1.82) is 5.26 Å². The molecule has 6 nitrogen and oxygen atoms in total. The highest BCUT2D eigenvalue weighted by Gasteiger charge is 2.14. The van der Waals surface area contributed by atoms with Gasteiger partial charge in [-0.15, -0.1) is 0 Å². The highest BCUT2D eigenvalue weighted by molar-refractivity contribution is 14.1. The van der Waals surface area contributed by atoms with Crippen LogP contribution in [0.2, 0.25) is 0 Å². The molecule has 0 fully saturated rings. The molecule has 0 amide bonds. The third kappa shape index (κ3) is 4.00. The number of methoxy groups -OCH3 is 1. The fourth-order valence-corrected chi connectivity index (χ4v) is 2.17. The van der Waals surface area contributed by atoms with Gasteiger partial charge in [0.1, 0.15) is 11.3 Å². The lowest BCUT2D eigenvalue weighted by molar-refractivity contribution is 0.0693. The van der Waals surface area contributed by atoms with Gasteiger partial charge in [-0.05, 0) is 34.9 Å².